The highest BCUT2D eigenvalue weighted by atomic mass is 16.5. The third kappa shape index (κ3) is 4.37. The van der Waals surface area contributed by atoms with Crippen LogP contribution in [0.15, 0.2) is 53.3 Å². The van der Waals surface area contributed by atoms with Crippen LogP contribution in [-0.2, 0) is 6.42 Å². The number of fused-ring (bicyclic) bond motifs is 1. The first-order valence-electron chi connectivity index (χ1n) is 13.5. The summed E-state index contributed by atoms with van der Waals surface area (Å²) in [5.41, 5.74) is 7.49. The first kappa shape index (κ1) is 23.6. The van der Waals surface area contributed by atoms with Crippen molar-refractivity contribution in [3.05, 3.63) is 75.7 Å². The number of piperidine rings is 1. The van der Waals surface area contributed by atoms with E-state index in [-0.39, 0.29) is 5.56 Å². The zero-order valence-electron chi connectivity index (χ0n) is 21.8. The van der Waals surface area contributed by atoms with Gasteiger partial charge >= 0.3 is 0 Å². The Hall–Kier alpha value is -3.74. The van der Waals surface area contributed by atoms with Crippen molar-refractivity contribution in [1.82, 2.24) is 14.6 Å². The first-order valence-corrected chi connectivity index (χ1v) is 13.5. The minimum atomic E-state index is -0.0264. The molecule has 0 atom stereocenters. The van der Waals surface area contributed by atoms with Crippen LogP contribution in [0.25, 0.3) is 16.9 Å². The second-order valence-electron chi connectivity index (χ2n) is 10.3. The van der Waals surface area contributed by atoms with Crippen molar-refractivity contribution >= 4 is 17.0 Å². The monoisotopic (exact) mass is 497 g/mol. The molecule has 0 unspecified atom stereocenters. The summed E-state index contributed by atoms with van der Waals surface area (Å²) in [6.07, 6.45) is 6.49. The standard InChI is InChI=1S/C30H35N5O2/c1-21-24(19-22-13-14-26(37-2)25(20-22)33-15-9-10-16-33)30(36)35-29(31-21)28(34-17-7-4-8-18-34)27(32-35)23-11-5-3-6-12-23/h3,5-6,11-14,20,32H,4,7-10,15-19H2,1-2H3. The number of aromatic nitrogens is 3. The Balaban J connectivity index is 1.45. The Morgan fingerprint density at radius 1 is 0.919 bits per heavy atom. The first-order chi connectivity index (χ1) is 18.1. The van der Waals surface area contributed by atoms with E-state index >= 15 is 0 Å². The average Bonchev–Trinajstić information content (AvgIpc) is 3.61. The summed E-state index contributed by atoms with van der Waals surface area (Å²) in [5, 5.41) is 3.45. The van der Waals surface area contributed by atoms with E-state index in [0.29, 0.717) is 6.42 Å². The SMILES string of the molecule is COc1ccc(Cc2c(C)nc3c(N4CCCCC4)c(-c4ccccc4)[nH]n3c2=O)cc1N1CCCC1. The summed E-state index contributed by atoms with van der Waals surface area (Å²) in [4.78, 5) is 23.8. The van der Waals surface area contributed by atoms with Gasteiger partial charge in [0.05, 0.1) is 18.5 Å². The van der Waals surface area contributed by atoms with Crippen molar-refractivity contribution < 1.29 is 4.74 Å². The Morgan fingerprint density at radius 2 is 1.62 bits per heavy atom. The summed E-state index contributed by atoms with van der Waals surface area (Å²) >= 11 is 0. The molecule has 0 aliphatic carbocycles. The molecule has 37 heavy (non-hydrogen) atoms. The molecule has 0 saturated carbocycles. The second kappa shape index (κ2) is 9.96. The van der Waals surface area contributed by atoms with E-state index < -0.39 is 0 Å². The van der Waals surface area contributed by atoms with Crippen molar-refractivity contribution in [2.45, 2.75) is 45.4 Å². The van der Waals surface area contributed by atoms with Crippen LogP contribution in [0.4, 0.5) is 11.4 Å². The van der Waals surface area contributed by atoms with Gasteiger partial charge in [0, 0.05) is 49.4 Å². The zero-order chi connectivity index (χ0) is 25.4. The van der Waals surface area contributed by atoms with Gasteiger partial charge in [-0.1, -0.05) is 36.4 Å². The van der Waals surface area contributed by atoms with Crippen molar-refractivity contribution in [2.75, 3.05) is 43.1 Å². The lowest BCUT2D eigenvalue weighted by Crippen LogP contribution is -2.30. The van der Waals surface area contributed by atoms with E-state index in [0.717, 1.165) is 89.9 Å². The number of hydrogen-bond acceptors (Lipinski definition) is 5. The smallest absolute Gasteiger partial charge is 0.276 e. The van der Waals surface area contributed by atoms with Crippen molar-refractivity contribution in [1.29, 1.82) is 0 Å². The highest BCUT2D eigenvalue weighted by molar-refractivity contribution is 5.86. The normalized spacial score (nSPS) is 16.1. The Kier molecular flexibility index (Phi) is 6.37. The molecule has 6 rings (SSSR count). The van der Waals surface area contributed by atoms with Crippen LogP contribution < -0.4 is 20.1 Å². The molecular formula is C30H35N5O2. The van der Waals surface area contributed by atoms with Crippen LogP contribution in [0.5, 0.6) is 5.75 Å². The third-order valence-electron chi connectivity index (χ3n) is 7.86. The molecule has 1 N–H and O–H groups in total. The number of ether oxygens (including phenoxy) is 1. The molecule has 4 heterocycles. The molecule has 0 bridgehead atoms. The third-order valence-corrected chi connectivity index (χ3v) is 7.86. The predicted molar refractivity (Wildman–Crippen MR) is 149 cm³/mol. The number of H-pyrrole nitrogens is 1. The molecule has 192 valence electrons. The average molecular weight is 498 g/mol. The van der Waals surface area contributed by atoms with Gasteiger partial charge in [-0.3, -0.25) is 9.89 Å². The second-order valence-corrected chi connectivity index (χ2v) is 10.3. The van der Waals surface area contributed by atoms with Gasteiger partial charge in [-0.25, -0.2) is 4.98 Å². The van der Waals surface area contributed by atoms with E-state index in [1.165, 1.54) is 19.3 Å². The molecule has 2 aliphatic rings. The number of aromatic amines is 1. The van der Waals surface area contributed by atoms with Crippen molar-refractivity contribution in [3.8, 4) is 17.0 Å². The Bertz CT molecular complexity index is 1460. The molecular weight excluding hydrogens is 462 g/mol. The van der Waals surface area contributed by atoms with Crippen molar-refractivity contribution in [2.24, 2.45) is 0 Å². The minimum Gasteiger partial charge on any atom is -0.495 e. The van der Waals surface area contributed by atoms with Gasteiger partial charge < -0.3 is 14.5 Å². The van der Waals surface area contributed by atoms with Gasteiger partial charge in [0.1, 0.15) is 11.4 Å². The van der Waals surface area contributed by atoms with E-state index in [4.69, 9.17) is 9.72 Å². The summed E-state index contributed by atoms with van der Waals surface area (Å²) in [6, 6.07) is 16.5. The topological polar surface area (TPSA) is 65.9 Å². The quantitative estimate of drug-likeness (QED) is 0.397. The maximum atomic E-state index is 13.9. The number of methoxy groups -OCH3 is 1. The maximum absolute atomic E-state index is 13.9. The molecule has 2 fully saturated rings. The number of nitrogens with zero attached hydrogens (tertiary/aromatic N) is 4. The van der Waals surface area contributed by atoms with Gasteiger partial charge in [-0.15, -0.1) is 0 Å². The van der Waals surface area contributed by atoms with Crippen LogP contribution in [0.3, 0.4) is 0 Å². The van der Waals surface area contributed by atoms with E-state index in [2.05, 4.69) is 39.2 Å². The number of nitrogens with one attached hydrogen (secondary N) is 1. The summed E-state index contributed by atoms with van der Waals surface area (Å²) < 4.78 is 7.32. The highest BCUT2D eigenvalue weighted by Gasteiger charge is 2.25. The number of hydrogen-bond donors (Lipinski definition) is 1. The van der Waals surface area contributed by atoms with Crippen LogP contribution >= 0.6 is 0 Å². The number of anilines is 2. The van der Waals surface area contributed by atoms with Crippen LogP contribution in [0.2, 0.25) is 0 Å². The van der Waals surface area contributed by atoms with Crippen LogP contribution in [0, 0.1) is 6.92 Å². The lowest BCUT2D eigenvalue weighted by Gasteiger charge is -2.28. The molecule has 0 radical (unpaired) electrons. The van der Waals surface area contributed by atoms with Gasteiger partial charge in [0.2, 0.25) is 0 Å². The molecule has 0 amide bonds. The lowest BCUT2D eigenvalue weighted by atomic mass is 10.0. The fraction of sp³-hybridized carbons (Fsp3) is 0.400. The number of rotatable bonds is 6. The van der Waals surface area contributed by atoms with Crippen LogP contribution in [-0.4, -0.2) is 47.9 Å². The van der Waals surface area contributed by atoms with Gasteiger partial charge in [-0.2, -0.15) is 4.52 Å². The molecule has 2 aliphatic heterocycles. The lowest BCUT2D eigenvalue weighted by molar-refractivity contribution is 0.414. The fourth-order valence-corrected chi connectivity index (χ4v) is 5.88. The predicted octanol–water partition coefficient (Wildman–Crippen LogP) is 5.19. The van der Waals surface area contributed by atoms with Gasteiger partial charge in [-0.05, 0) is 56.7 Å². The molecule has 7 nitrogen and oxygen atoms in total. The van der Waals surface area contributed by atoms with E-state index in [1.807, 2.05) is 31.2 Å². The minimum absolute atomic E-state index is 0.0264. The van der Waals surface area contributed by atoms with E-state index in [1.54, 1.807) is 11.6 Å². The molecule has 2 aromatic carbocycles. The van der Waals surface area contributed by atoms with Gasteiger partial charge in [0.15, 0.2) is 5.65 Å². The maximum Gasteiger partial charge on any atom is 0.276 e. The summed E-state index contributed by atoms with van der Waals surface area (Å²) in [7, 11) is 1.72. The fourth-order valence-electron chi connectivity index (χ4n) is 5.88. The van der Waals surface area contributed by atoms with E-state index in [9.17, 15) is 4.79 Å². The molecule has 2 aromatic heterocycles. The van der Waals surface area contributed by atoms with Gasteiger partial charge in [0.25, 0.3) is 5.56 Å². The summed E-state index contributed by atoms with van der Waals surface area (Å²) in [5.74, 6) is 0.885. The zero-order valence-corrected chi connectivity index (χ0v) is 21.8. The number of aryl methyl sites for hydroxylation is 1. The largest absolute Gasteiger partial charge is 0.495 e. The Labute approximate surface area is 217 Å². The molecule has 4 aromatic rings. The molecule has 7 heteroatoms. The van der Waals surface area contributed by atoms with Crippen LogP contribution in [0.1, 0.15) is 48.9 Å². The molecule has 0 spiro atoms. The Morgan fingerprint density at radius 3 is 2.35 bits per heavy atom. The highest BCUT2D eigenvalue weighted by Crippen LogP contribution is 2.35. The molecule has 2 saturated heterocycles. The number of benzene rings is 2. The summed E-state index contributed by atoms with van der Waals surface area (Å²) in [6.45, 7) is 6.01. The van der Waals surface area contributed by atoms with Crippen molar-refractivity contribution in [3.63, 3.8) is 0 Å².